The Balaban J connectivity index is 2.02. The van der Waals surface area contributed by atoms with Gasteiger partial charge in [0.25, 0.3) is 0 Å². The Labute approximate surface area is 107 Å². The lowest BCUT2D eigenvalue weighted by molar-refractivity contribution is -0.0996. The van der Waals surface area contributed by atoms with Gasteiger partial charge < -0.3 is 10.1 Å². The van der Waals surface area contributed by atoms with Crippen LogP contribution in [-0.4, -0.2) is 24.8 Å². The summed E-state index contributed by atoms with van der Waals surface area (Å²) < 4.78 is 6.24. The molecule has 2 nitrogen and oxygen atoms in total. The van der Waals surface area contributed by atoms with E-state index in [-0.39, 0.29) is 5.60 Å². The van der Waals surface area contributed by atoms with Crippen molar-refractivity contribution < 1.29 is 4.74 Å². The highest BCUT2D eigenvalue weighted by Gasteiger charge is 2.50. The van der Waals surface area contributed by atoms with Gasteiger partial charge in [0.05, 0.1) is 12.2 Å². The van der Waals surface area contributed by atoms with Gasteiger partial charge in [-0.25, -0.2) is 0 Å². The highest BCUT2D eigenvalue weighted by Crippen LogP contribution is 2.48. The lowest BCUT2D eigenvalue weighted by Crippen LogP contribution is -2.57. The van der Waals surface area contributed by atoms with Crippen molar-refractivity contribution in [2.45, 2.75) is 71.4 Å². The summed E-state index contributed by atoms with van der Waals surface area (Å²) in [6.07, 6.45) is 6.37. The Bertz CT molecular complexity index is 262. The summed E-state index contributed by atoms with van der Waals surface area (Å²) in [7, 11) is 0. The van der Waals surface area contributed by atoms with E-state index in [1.165, 1.54) is 32.1 Å². The zero-order valence-corrected chi connectivity index (χ0v) is 12.0. The van der Waals surface area contributed by atoms with Gasteiger partial charge in [0.2, 0.25) is 0 Å². The molecule has 1 saturated heterocycles. The van der Waals surface area contributed by atoms with E-state index < -0.39 is 0 Å². The molecule has 0 aromatic rings. The van der Waals surface area contributed by atoms with Crippen LogP contribution in [0.5, 0.6) is 0 Å². The average Bonchev–Trinajstić information content (AvgIpc) is 2.54. The largest absolute Gasteiger partial charge is 0.372 e. The van der Waals surface area contributed by atoms with Gasteiger partial charge in [0.15, 0.2) is 0 Å². The molecule has 0 bridgehead atoms. The van der Waals surface area contributed by atoms with Gasteiger partial charge in [-0.1, -0.05) is 27.7 Å². The van der Waals surface area contributed by atoms with Crippen molar-refractivity contribution in [3.63, 3.8) is 0 Å². The molecule has 2 heteroatoms. The standard InChI is InChI=1S/C15H29NO/c1-12(2)5-6-13-15(17-10-9-16-13)8-7-14(3,4)11-15/h12-13,16H,5-11H2,1-4H3. The molecule has 2 atom stereocenters. The fourth-order valence-electron chi connectivity index (χ4n) is 3.60. The third kappa shape index (κ3) is 3.03. The maximum atomic E-state index is 6.24. The van der Waals surface area contributed by atoms with E-state index in [1.54, 1.807) is 0 Å². The quantitative estimate of drug-likeness (QED) is 0.815. The Hall–Kier alpha value is -0.0800. The molecule has 0 radical (unpaired) electrons. The molecule has 1 aliphatic carbocycles. The van der Waals surface area contributed by atoms with E-state index in [0.29, 0.717) is 11.5 Å². The van der Waals surface area contributed by atoms with Crippen molar-refractivity contribution in [2.75, 3.05) is 13.2 Å². The van der Waals surface area contributed by atoms with Crippen LogP contribution in [0.25, 0.3) is 0 Å². The van der Waals surface area contributed by atoms with Crippen LogP contribution in [0.15, 0.2) is 0 Å². The molecule has 2 aliphatic rings. The molecule has 1 N–H and O–H groups in total. The first kappa shape index (κ1) is 13.4. The SMILES string of the molecule is CC(C)CCC1NCCOC12CCC(C)(C)C2. The lowest BCUT2D eigenvalue weighted by Gasteiger charge is -2.43. The van der Waals surface area contributed by atoms with Gasteiger partial charge in [-0.3, -0.25) is 0 Å². The van der Waals surface area contributed by atoms with Crippen molar-refractivity contribution in [3.8, 4) is 0 Å². The highest BCUT2D eigenvalue weighted by molar-refractivity contribution is 5.04. The summed E-state index contributed by atoms with van der Waals surface area (Å²) in [5.74, 6) is 0.796. The van der Waals surface area contributed by atoms with Gasteiger partial charge in [-0.05, 0) is 43.4 Å². The Kier molecular flexibility index (Phi) is 3.84. The van der Waals surface area contributed by atoms with Crippen LogP contribution in [0.1, 0.15) is 59.8 Å². The minimum Gasteiger partial charge on any atom is -0.372 e. The molecule has 2 fully saturated rings. The van der Waals surface area contributed by atoms with Gasteiger partial charge >= 0.3 is 0 Å². The number of hydrogen-bond donors (Lipinski definition) is 1. The molecule has 1 heterocycles. The van der Waals surface area contributed by atoms with Crippen LogP contribution in [0.4, 0.5) is 0 Å². The molecular formula is C15H29NO. The molecule has 1 spiro atoms. The molecule has 1 aliphatic heterocycles. The molecule has 100 valence electrons. The van der Waals surface area contributed by atoms with Crippen molar-refractivity contribution >= 4 is 0 Å². The first-order valence-electron chi connectivity index (χ1n) is 7.31. The third-order valence-corrected chi connectivity index (χ3v) is 4.55. The lowest BCUT2D eigenvalue weighted by atomic mass is 9.82. The Morgan fingerprint density at radius 1 is 1.29 bits per heavy atom. The molecule has 17 heavy (non-hydrogen) atoms. The van der Waals surface area contributed by atoms with Crippen molar-refractivity contribution in [2.24, 2.45) is 11.3 Å². The van der Waals surface area contributed by atoms with Crippen LogP contribution < -0.4 is 5.32 Å². The van der Waals surface area contributed by atoms with Crippen molar-refractivity contribution in [1.29, 1.82) is 0 Å². The smallest absolute Gasteiger partial charge is 0.0840 e. The fourth-order valence-corrected chi connectivity index (χ4v) is 3.60. The molecule has 2 rings (SSSR count). The predicted octanol–water partition coefficient (Wildman–Crippen LogP) is 3.36. The molecular weight excluding hydrogens is 210 g/mol. The van der Waals surface area contributed by atoms with E-state index in [0.717, 1.165) is 19.1 Å². The number of nitrogens with one attached hydrogen (secondary N) is 1. The second-order valence-corrected chi connectivity index (χ2v) is 7.23. The fraction of sp³-hybridized carbons (Fsp3) is 1.00. The van der Waals surface area contributed by atoms with E-state index >= 15 is 0 Å². The highest BCUT2D eigenvalue weighted by atomic mass is 16.5. The van der Waals surface area contributed by atoms with Gasteiger partial charge in [0.1, 0.15) is 0 Å². The van der Waals surface area contributed by atoms with Gasteiger partial charge in [-0.15, -0.1) is 0 Å². The maximum Gasteiger partial charge on any atom is 0.0840 e. The van der Waals surface area contributed by atoms with Crippen molar-refractivity contribution in [3.05, 3.63) is 0 Å². The summed E-state index contributed by atoms with van der Waals surface area (Å²) in [5.41, 5.74) is 0.617. The Morgan fingerprint density at radius 2 is 2.06 bits per heavy atom. The van der Waals surface area contributed by atoms with Crippen molar-refractivity contribution in [1.82, 2.24) is 5.32 Å². The van der Waals surface area contributed by atoms with Crippen LogP contribution in [0, 0.1) is 11.3 Å². The zero-order valence-electron chi connectivity index (χ0n) is 12.0. The van der Waals surface area contributed by atoms with Crippen LogP contribution >= 0.6 is 0 Å². The molecule has 1 saturated carbocycles. The third-order valence-electron chi connectivity index (χ3n) is 4.55. The summed E-state index contributed by atoms with van der Waals surface area (Å²) in [6.45, 7) is 11.3. The minimum atomic E-state index is 0.149. The molecule has 0 aromatic carbocycles. The maximum absolute atomic E-state index is 6.24. The number of ether oxygens (including phenoxy) is 1. The van der Waals surface area contributed by atoms with E-state index in [9.17, 15) is 0 Å². The minimum absolute atomic E-state index is 0.149. The van der Waals surface area contributed by atoms with Crippen LogP contribution in [0.3, 0.4) is 0 Å². The van der Waals surface area contributed by atoms with E-state index in [2.05, 4.69) is 33.0 Å². The average molecular weight is 239 g/mol. The first-order valence-corrected chi connectivity index (χ1v) is 7.31. The molecule has 0 amide bonds. The normalized spacial score (nSPS) is 36.9. The Morgan fingerprint density at radius 3 is 2.65 bits per heavy atom. The van der Waals surface area contributed by atoms with E-state index in [1.807, 2.05) is 0 Å². The first-order chi connectivity index (χ1) is 7.94. The predicted molar refractivity (Wildman–Crippen MR) is 72.2 cm³/mol. The second kappa shape index (κ2) is 4.89. The number of morpholine rings is 1. The number of hydrogen-bond acceptors (Lipinski definition) is 2. The summed E-state index contributed by atoms with van der Waals surface area (Å²) >= 11 is 0. The summed E-state index contributed by atoms with van der Waals surface area (Å²) in [4.78, 5) is 0. The molecule has 2 unspecified atom stereocenters. The summed E-state index contributed by atoms with van der Waals surface area (Å²) in [6, 6.07) is 0.584. The van der Waals surface area contributed by atoms with Gasteiger partial charge in [-0.2, -0.15) is 0 Å². The number of rotatable bonds is 3. The zero-order chi connectivity index (χ0) is 12.5. The summed E-state index contributed by atoms with van der Waals surface area (Å²) in [5, 5.41) is 3.72. The van der Waals surface area contributed by atoms with Crippen LogP contribution in [0.2, 0.25) is 0 Å². The monoisotopic (exact) mass is 239 g/mol. The topological polar surface area (TPSA) is 21.3 Å². The van der Waals surface area contributed by atoms with Crippen LogP contribution in [-0.2, 0) is 4.74 Å². The van der Waals surface area contributed by atoms with Gasteiger partial charge in [0, 0.05) is 12.6 Å². The van der Waals surface area contributed by atoms with E-state index in [4.69, 9.17) is 4.74 Å². The second-order valence-electron chi connectivity index (χ2n) is 7.23. The molecule has 0 aromatic heterocycles.